The van der Waals surface area contributed by atoms with E-state index < -0.39 is 0 Å². The predicted octanol–water partition coefficient (Wildman–Crippen LogP) is 2.75. The van der Waals surface area contributed by atoms with Crippen LogP contribution in [-0.4, -0.2) is 41.3 Å². The largest absolute Gasteiger partial charge is 0.391 e. The Morgan fingerprint density at radius 3 is 2.50 bits per heavy atom. The van der Waals surface area contributed by atoms with Gasteiger partial charge in [-0.25, -0.2) is 4.98 Å². The number of hydrogen-bond donors (Lipinski definition) is 1. The first-order chi connectivity index (χ1) is 10.7. The fraction of sp³-hybridized carbons (Fsp3) is 0.471. The zero-order valence-electron chi connectivity index (χ0n) is 13.1. The lowest BCUT2D eigenvalue weighted by atomic mass is 10.1. The van der Waals surface area contributed by atoms with E-state index in [1.165, 1.54) is 11.1 Å². The summed E-state index contributed by atoms with van der Waals surface area (Å²) in [5.41, 5.74) is 4.63. The molecule has 5 heteroatoms. The van der Waals surface area contributed by atoms with Crippen molar-refractivity contribution in [1.82, 2.24) is 9.88 Å². The van der Waals surface area contributed by atoms with Crippen LogP contribution in [0.4, 0.5) is 0 Å². The van der Waals surface area contributed by atoms with E-state index in [2.05, 4.69) is 36.9 Å². The minimum absolute atomic E-state index is 0.0577. The molecule has 2 heterocycles. The summed E-state index contributed by atoms with van der Waals surface area (Å²) in [7, 11) is 0. The molecule has 0 radical (unpaired) electrons. The van der Waals surface area contributed by atoms with E-state index in [-0.39, 0.29) is 6.61 Å². The summed E-state index contributed by atoms with van der Waals surface area (Å²) in [6.45, 7) is 8.48. The molecule has 2 aromatic rings. The Morgan fingerprint density at radius 1 is 1.18 bits per heavy atom. The van der Waals surface area contributed by atoms with Crippen molar-refractivity contribution < 1.29 is 9.84 Å². The van der Waals surface area contributed by atoms with Crippen molar-refractivity contribution in [3.63, 3.8) is 0 Å². The van der Waals surface area contributed by atoms with Gasteiger partial charge in [-0.1, -0.05) is 17.2 Å². The van der Waals surface area contributed by atoms with E-state index in [0.29, 0.717) is 0 Å². The van der Waals surface area contributed by atoms with Gasteiger partial charge in [-0.2, -0.15) is 0 Å². The van der Waals surface area contributed by atoms with E-state index in [4.69, 9.17) is 9.72 Å². The Balaban J connectivity index is 1.86. The quantitative estimate of drug-likeness (QED) is 0.941. The van der Waals surface area contributed by atoms with Crippen molar-refractivity contribution in [1.29, 1.82) is 0 Å². The van der Waals surface area contributed by atoms with Gasteiger partial charge in [0.15, 0.2) is 0 Å². The number of nitrogens with zero attached hydrogens (tertiary/aromatic N) is 2. The van der Waals surface area contributed by atoms with Crippen molar-refractivity contribution in [3.8, 4) is 10.6 Å². The minimum Gasteiger partial charge on any atom is -0.391 e. The lowest BCUT2D eigenvalue weighted by molar-refractivity contribution is 0.0335. The molecule has 1 saturated heterocycles. The maximum absolute atomic E-state index is 9.64. The zero-order valence-corrected chi connectivity index (χ0v) is 13.9. The molecule has 22 heavy (non-hydrogen) atoms. The third-order valence-corrected chi connectivity index (χ3v) is 5.00. The highest BCUT2D eigenvalue weighted by atomic mass is 32.1. The molecular formula is C17H22N2O2S. The predicted molar refractivity (Wildman–Crippen MR) is 89.0 cm³/mol. The number of aromatic nitrogens is 1. The monoisotopic (exact) mass is 318 g/mol. The summed E-state index contributed by atoms with van der Waals surface area (Å²) in [6.07, 6.45) is 0. The van der Waals surface area contributed by atoms with Gasteiger partial charge in [-0.05, 0) is 26.0 Å². The van der Waals surface area contributed by atoms with E-state index in [9.17, 15) is 5.11 Å². The maximum atomic E-state index is 9.64. The maximum Gasteiger partial charge on any atom is 0.124 e. The smallest absolute Gasteiger partial charge is 0.124 e. The van der Waals surface area contributed by atoms with Crippen LogP contribution < -0.4 is 0 Å². The Hall–Kier alpha value is -1.27. The fourth-order valence-electron chi connectivity index (χ4n) is 2.82. The molecule has 0 aliphatic carbocycles. The number of aryl methyl sites for hydroxylation is 2. The van der Waals surface area contributed by atoms with Crippen LogP contribution in [0.5, 0.6) is 0 Å². The van der Waals surface area contributed by atoms with Crippen molar-refractivity contribution in [2.75, 3.05) is 26.3 Å². The Morgan fingerprint density at radius 2 is 1.86 bits per heavy atom. The SMILES string of the molecule is Cc1cc(C)cc(-c2nc(CN3CCOCC3)c(CO)s2)c1. The van der Waals surface area contributed by atoms with Crippen molar-refractivity contribution >= 4 is 11.3 Å². The summed E-state index contributed by atoms with van der Waals surface area (Å²) < 4.78 is 5.39. The highest BCUT2D eigenvalue weighted by Gasteiger charge is 2.17. The molecule has 1 aliphatic rings. The Bertz CT molecular complexity index is 628. The summed E-state index contributed by atoms with van der Waals surface area (Å²) in [4.78, 5) is 8.11. The van der Waals surface area contributed by atoms with Gasteiger partial charge in [-0.3, -0.25) is 4.90 Å². The molecule has 0 bridgehead atoms. The average molecular weight is 318 g/mol. The van der Waals surface area contributed by atoms with Crippen molar-refractivity contribution in [2.24, 2.45) is 0 Å². The van der Waals surface area contributed by atoms with Crippen LogP contribution >= 0.6 is 11.3 Å². The molecule has 1 aromatic heterocycles. The van der Waals surface area contributed by atoms with Gasteiger partial charge in [0, 0.05) is 25.2 Å². The third-order valence-electron chi connectivity index (χ3n) is 3.87. The van der Waals surface area contributed by atoms with Crippen LogP contribution in [0.3, 0.4) is 0 Å². The molecule has 118 valence electrons. The Kier molecular flexibility index (Phi) is 4.88. The third kappa shape index (κ3) is 3.55. The molecule has 0 unspecified atom stereocenters. The molecule has 1 fully saturated rings. The molecule has 0 atom stereocenters. The number of aliphatic hydroxyl groups is 1. The minimum atomic E-state index is 0.0577. The van der Waals surface area contributed by atoms with Crippen molar-refractivity contribution in [2.45, 2.75) is 27.0 Å². The van der Waals surface area contributed by atoms with Gasteiger partial charge in [0.25, 0.3) is 0 Å². The summed E-state index contributed by atoms with van der Waals surface area (Å²) >= 11 is 1.60. The van der Waals surface area contributed by atoms with E-state index in [0.717, 1.165) is 54.0 Å². The molecule has 1 N–H and O–H groups in total. The number of rotatable bonds is 4. The van der Waals surface area contributed by atoms with Crippen LogP contribution in [0, 0.1) is 13.8 Å². The first-order valence-corrected chi connectivity index (χ1v) is 8.45. The number of morpholine rings is 1. The van der Waals surface area contributed by atoms with Crippen LogP contribution in [0.15, 0.2) is 18.2 Å². The van der Waals surface area contributed by atoms with Crippen molar-refractivity contribution in [3.05, 3.63) is 39.9 Å². The number of ether oxygens (including phenoxy) is 1. The Labute approximate surface area is 135 Å². The number of aliphatic hydroxyl groups excluding tert-OH is 1. The highest BCUT2D eigenvalue weighted by Crippen LogP contribution is 2.30. The van der Waals surface area contributed by atoms with Gasteiger partial charge in [0.05, 0.1) is 30.4 Å². The fourth-order valence-corrected chi connectivity index (χ4v) is 3.74. The molecule has 0 amide bonds. The zero-order chi connectivity index (χ0) is 15.5. The van der Waals surface area contributed by atoms with Crippen LogP contribution in [-0.2, 0) is 17.9 Å². The second kappa shape index (κ2) is 6.87. The first kappa shape index (κ1) is 15.6. The molecule has 4 nitrogen and oxygen atoms in total. The molecule has 1 aliphatic heterocycles. The van der Waals surface area contributed by atoms with Gasteiger partial charge < -0.3 is 9.84 Å². The second-order valence-corrected chi connectivity index (χ2v) is 6.90. The van der Waals surface area contributed by atoms with Gasteiger partial charge in [-0.15, -0.1) is 11.3 Å². The lowest BCUT2D eigenvalue weighted by Crippen LogP contribution is -2.35. The number of hydrogen-bond acceptors (Lipinski definition) is 5. The van der Waals surface area contributed by atoms with Gasteiger partial charge >= 0.3 is 0 Å². The van der Waals surface area contributed by atoms with Crippen LogP contribution in [0.2, 0.25) is 0 Å². The highest BCUT2D eigenvalue weighted by molar-refractivity contribution is 7.15. The molecular weight excluding hydrogens is 296 g/mol. The topological polar surface area (TPSA) is 45.6 Å². The van der Waals surface area contributed by atoms with Crippen LogP contribution in [0.25, 0.3) is 10.6 Å². The number of benzene rings is 1. The summed E-state index contributed by atoms with van der Waals surface area (Å²) in [6, 6.07) is 6.48. The molecule has 0 saturated carbocycles. The van der Waals surface area contributed by atoms with Crippen LogP contribution in [0.1, 0.15) is 21.7 Å². The van der Waals surface area contributed by atoms with E-state index in [1.807, 2.05) is 0 Å². The lowest BCUT2D eigenvalue weighted by Gasteiger charge is -2.26. The summed E-state index contributed by atoms with van der Waals surface area (Å²) in [5, 5.41) is 10.6. The standard InChI is InChI=1S/C17H22N2O2S/c1-12-7-13(2)9-14(8-12)17-18-15(16(11-20)22-17)10-19-3-5-21-6-4-19/h7-9,20H,3-6,10-11H2,1-2H3. The average Bonchev–Trinajstić information content (AvgIpc) is 2.90. The summed E-state index contributed by atoms with van der Waals surface area (Å²) in [5.74, 6) is 0. The van der Waals surface area contributed by atoms with E-state index in [1.54, 1.807) is 11.3 Å². The number of thiazole rings is 1. The van der Waals surface area contributed by atoms with Gasteiger partial charge in [0.2, 0.25) is 0 Å². The normalized spacial score (nSPS) is 16.1. The van der Waals surface area contributed by atoms with Gasteiger partial charge in [0.1, 0.15) is 5.01 Å². The second-order valence-electron chi connectivity index (χ2n) is 5.81. The molecule has 1 aromatic carbocycles. The molecule has 3 rings (SSSR count). The van der Waals surface area contributed by atoms with E-state index >= 15 is 0 Å². The first-order valence-electron chi connectivity index (χ1n) is 7.64. The molecule has 0 spiro atoms.